The Morgan fingerprint density at radius 3 is 2.61 bits per heavy atom. The number of nitrogens with two attached hydrogens (primary N) is 1. The van der Waals surface area contributed by atoms with E-state index >= 15 is 0 Å². The van der Waals surface area contributed by atoms with E-state index in [4.69, 9.17) is 14.9 Å². The maximum atomic E-state index is 11.4. The van der Waals surface area contributed by atoms with Gasteiger partial charge in [-0.3, -0.25) is 4.68 Å². The predicted molar refractivity (Wildman–Crippen MR) is 107 cm³/mol. The van der Waals surface area contributed by atoms with Gasteiger partial charge in [0.1, 0.15) is 5.82 Å². The van der Waals surface area contributed by atoms with Gasteiger partial charge in [-0.1, -0.05) is 12.1 Å². The third kappa shape index (κ3) is 3.79. The van der Waals surface area contributed by atoms with Crippen molar-refractivity contribution in [2.75, 3.05) is 36.5 Å². The minimum Gasteiger partial charge on any atom is -0.380 e. The Bertz CT molecular complexity index is 1090. The van der Waals surface area contributed by atoms with Gasteiger partial charge in [0.2, 0.25) is 10.0 Å². The maximum absolute atomic E-state index is 11.4. The fourth-order valence-electron chi connectivity index (χ4n) is 3.20. The number of nitrogens with zero attached hydrogens (tertiary/aromatic N) is 4. The first-order chi connectivity index (χ1) is 13.4. The van der Waals surface area contributed by atoms with Gasteiger partial charge in [0.05, 0.1) is 35.4 Å². The Hall–Kier alpha value is -2.69. The van der Waals surface area contributed by atoms with Gasteiger partial charge in [0, 0.05) is 32.7 Å². The van der Waals surface area contributed by atoms with E-state index in [2.05, 4.69) is 15.3 Å². The molecule has 3 aromatic rings. The molecule has 1 aromatic carbocycles. The smallest absolute Gasteiger partial charge is 0.238 e. The van der Waals surface area contributed by atoms with Crippen molar-refractivity contribution in [2.24, 2.45) is 12.2 Å². The van der Waals surface area contributed by atoms with E-state index in [1.54, 1.807) is 23.0 Å². The van der Waals surface area contributed by atoms with Crippen molar-refractivity contribution in [3.8, 4) is 0 Å². The Morgan fingerprint density at radius 2 is 1.93 bits per heavy atom. The fraction of sp³-hybridized carbons (Fsp3) is 0.333. The van der Waals surface area contributed by atoms with Crippen molar-refractivity contribution in [3.05, 3.63) is 42.1 Å². The van der Waals surface area contributed by atoms with Crippen LogP contribution in [0.3, 0.4) is 0 Å². The number of rotatable bonds is 5. The van der Waals surface area contributed by atoms with Crippen molar-refractivity contribution in [1.29, 1.82) is 0 Å². The minimum atomic E-state index is -3.69. The molecule has 4 rings (SSSR count). The summed E-state index contributed by atoms with van der Waals surface area (Å²) in [6, 6.07) is 8.54. The number of anilines is 2. The van der Waals surface area contributed by atoms with Gasteiger partial charge in [-0.15, -0.1) is 0 Å². The summed E-state index contributed by atoms with van der Waals surface area (Å²) in [4.78, 5) is 7.06. The molecule has 3 heterocycles. The lowest BCUT2D eigenvalue weighted by molar-refractivity contribution is 0.122. The number of hydrogen-bond donors (Lipinski definition) is 2. The normalized spacial score (nSPS) is 15.1. The molecule has 0 saturated carbocycles. The van der Waals surface area contributed by atoms with Crippen LogP contribution in [0.25, 0.3) is 11.0 Å². The molecule has 1 aliphatic rings. The topological polar surface area (TPSA) is 115 Å². The number of ether oxygens (including phenoxy) is 1. The zero-order chi connectivity index (χ0) is 19.7. The third-order valence-electron chi connectivity index (χ3n) is 4.76. The molecule has 148 valence electrons. The standard InChI is InChI=1S/C18H22N6O3S/c1-23-18-15(12-21-23)16(10-17(22-18)24-6-8-27-9-7-24)20-11-13-2-4-14(5-3-13)28(19,25)26/h2-5,10,12H,6-9,11H2,1H3,(H,20,22)(H2,19,25,26). The Labute approximate surface area is 163 Å². The second kappa shape index (κ2) is 7.38. The van der Waals surface area contributed by atoms with E-state index < -0.39 is 10.0 Å². The van der Waals surface area contributed by atoms with Crippen LogP contribution in [0, 0.1) is 0 Å². The molecular formula is C18H22N6O3S. The van der Waals surface area contributed by atoms with E-state index in [0.717, 1.165) is 41.2 Å². The predicted octanol–water partition coefficient (Wildman–Crippen LogP) is 1.06. The quantitative estimate of drug-likeness (QED) is 0.656. The minimum absolute atomic E-state index is 0.101. The van der Waals surface area contributed by atoms with Crippen LogP contribution in [-0.4, -0.2) is 49.5 Å². The van der Waals surface area contributed by atoms with Gasteiger partial charge in [-0.25, -0.2) is 18.5 Å². The fourth-order valence-corrected chi connectivity index (χ4v) is 3.71. The van der Waals surface area contributed by atoms with Crippen molar-refractivity contribution < 1.29 is 13.2 Å². The number of fused-ring (bicyclic) bond motifs is 1. The highest BCUT2D eigenvalue weighted by atomic mass is 32.2. The van der Waals surface area contributed by atoms with Crippen molar-refractivity contribution in [1.82, 2.24) is 14.8 Å². The monoisotopic (exact) mass is 402 g/mol. The van der Waals surface area contributed by atoms with Gasteiger partial charge >= 0.3 is 0 Å². The number of morpholine rings is 1. The summed E-state index contributed by atoms with van der Waals surface area (Å²) in [7, 11) is -1.82. The van der Waals surface area contributed by atoms with Crippen molar-refractivity contribution >= 4 is 32.6 Å². The number of hydrogen-bond acceptors (Lipinski definition) is 7. The molecule has 0 unspecified atom stereocenters. The van der Waals surface area contributed by atoms with Gasteiger partial charge in [-0.2, -0.15) is 5.10 Å². The molecule has 0 bridgehead atoms. The summed E-state index contributed by atoms with van der Waals surface area (Å²) in [6.07, 6.45) is 1.79. The van der Waals surface area contributed by atoms with E-state index in [0.29, 0.717) is 19.8 Å². The van der Waals surface area contributed by atoms with Crippen LogP contribution in [0.4, 0.5) is 11.5 Å². The Kier molecular flexibility index (Phi) is 4.92. The molecular weight excluding hydrogens is 380 g/mol. The van der Waals surface area contributed by atoms with Crippen LogP contribution in [-0.2, 0) is 28.4 Å². The lowest BCUT2D eigenvalue weighted by atomic mass is 10.2. The van der Waals surface area contributed by atoms with Crippen LogP contribution in [0.1, 0.15) is 5.56 Å². The molecule has 1 aliphatic heterocycles. The Balaban J connectivity index is 1.60. The summed E-state index contributed by atoms with van der Waals surface area (Å²) in [5.74, 6) is 0.881. The molecule has 2 aromatic heterocycles. The van der Waals surface area contributed by atoms with Crippen molar-refractivity contribution in [3.63, 3.8) is 0 Å². The summed E-state index contributed by atoms with van der Waals surface area (Å²) < 4.78 is 30.0. The molecule has 1 fully saturated rings. The highest BCUT2D eigenvalue weighted by Gasteiger charge is 2.17. The number of aryl methyl sites for hydroxylation is 1. The SMILES string of the molecule is Cn1ncc2c(NCc3ccc(S(N)(=O)=O)cc3)cc(N3CCOCC3)nc21. The van der Waals surface area contributed by atoms with Crippen LogP contribution in [0.2, 0.25) is 0 Å². The third-order valence-corrected chi connectivity index (χ3v) is 5.69. The molecule has 0 radical (unpaired) electrons. The summed E-state index contributed by atoms with van der Waals surface area (Å²) in [5.41, 5.74) is 2.67. The zero-order valence-corrected chi connectivity index (χ0v) is 16.3. The average molecular weight is 402 g/mol. The van der Waals surface area contributed by atoms with Crippen LogP contribution in [0.5, 0.6) is 0 Å². The van der Waals surface area contributed by atoms with Crippen LogP contribution >= 0.6 is 0 Å². The molecule has 0 spiro atoms. The van der Waals surface area contributed by atoms with Gasteiger partial charge in [0.25, 0.3) is 0 Å². The summed E-state index contributed by atoms with van der Waals surface area (Å²) in [5, 5.41) is 13.8. The van der Waals surface area contributed by atoms with E-state index in [-0.39, 0.29) is 4.90 Å². The van der Waals surface area contributed by atoms with Gasteiger partial charge < -0.3 is 15.0 Å². The largest absolute Gasteiger partial charge is 0.380 e. The van der Waals surface area contributed by atoms with E-state index in [9.17, 15) is 8.42 Å². The van der Waals surface area contributed by atoms with Crippen LogP contribution < -0.4 is 15.4 Å². The first-order valence-corrected chi connectivity index (χ1v) is 10.5. The number of sulfonamides is 1. The molecule has 1 saturated heterocycles. The van der Waals surface area contributed by atoms with E-state index in [1.165, 1.54) is 12.1 Å². The lowest BCUT2D eigenvalue weighted by Gasteiger charge is -2.28. The highest BCUT2D eigenvalue weighted by molar-refractivity contribution is 7.89. The molecule has 0 atom stereocenters. The maximum Gasteiger partial charge on any atom is 0.238 e. The zero-order valence-electron chi connectivity index (χ0n) is 15.5. The number of nitrogens with one attached hydrogen (secondary N) is 1. The Morgan fingerprint density at radius 1 is 1.21 bits per heavy atom. The summed E-state index contributed by atoms with van der Waals surface area (Å²) in [6.45, 7) is 3.49. The van der Waals surface area contributed by atoms with Gasteiger partial charge in [0.15, 0.2) is 5.65 Å². The second-order valence-electron chi connectivity index (χ2n) is 6.68. The first kappa shape index (κ1) is 18.7. The van der Waals surface area contributed by atoms with Crippen LogP contribution in [0.15, 0.2) is 41.4 Å². The molecule has 3 N–H and O–H groups in total. The number of aromatic nitrogens is 3. The first-order valence-electron chi connectivity index (χ1n) is 8.93. The number of pyridine rings is 1. The second-order valence-corrected chi connectivity index (χ2v) is 8.24. The molecule has 10 heteroatoms. The summed E-state index contributed by atoms with van der Waals surface area (Å²) >= 11 is 0. The van der Waals surface area contributed by atoms with E-state index in [1.807, 2.05) is 13.1 Å². The van der Waals surface area contributed by atoms with Gasteiger partial charge in [-0.05, 0) is 17.7 Å². The molecule has 28 heavy (non-hydrogen) atoms. The number of primary sulfonamides is 1. The highest BCUT2D eigenvalue weighted by Crippen LogP contribution is 2.28. The molecule has 9 nitrogen and oxygen atoms in total. The molecule has 0 aliphatic carbocycles. The van der Waals surface area contributed by atoms with Crippen molar-refractivity contribution in [2.45, 2.75) is 11.4 Å². The molecule has 0 amide bonds. The lowest BCUT2D eigenvalue weighted by Crippen LogP contribution is -2.36. The average Bonchev–Trinajstić information content (AvgIpc) is 3.07. The number of benzene rings is 1.